The molecular formula is C12H16ClN3O2. The maximum Gasteiger partial charge on any atom is 0.296 e. The van der Waals surface area contributed by atoms with Crippen molar-refractivity contribution in [2.24, 2.45) is 5.41 Å². The number of nitrogens with zero attached hydrogens (tertiary/aromatic N) is 3. The molecule has 0 saturated heterocycles. The van der Waals surface area contributed by atoms with Crippen molar-refractivity contribution in [2.45, 2.75) is 26.8 Å². The van der Waals surface area contributed by atoms with E-state index in [2.05, 4.69) is 9.97 Å². The smallest absolute Gasteiger partial charge is 0.296 e. The highest BCUT2D eigenvalue weighted by molar-refractivity contribution is 6.31. The molecular weight excluding hydrogens is 254 g/mol. The number of aromatic nitrogens is 3. The number of aliphatic hydroxyl groups is 1. The first-order valence-corrected chi connectivity index (χ1v) is 6.05. The summed E-state index contributed by atoms with van der Waals surface area (Å²) in [5, 5.41) is 20.0. The summed E-state index contributed by atoms with van der Waals surface area (Å²) < 4.78 is 1.58. The van der Waals surface area contributed by atoms with Crippen molar-refractivity contribution >= 4 is 22.8 Å². The summed E-state index contributed by atoms with van der Waals surface area (Å²) in [6.45, 7) is 5.85. The van der Waals surface area contributed by atoms with Crippen LogP contribution in [0.25, 0.3) is 11.2 Å². The quantitative estimate of drug-likeness (QED) is 0.878. The van der Waals surface area contributed by atoms with Gasteiger partial charge in [-0.15, -0.1) is 0 Å². The van der Waals surface area contributed by atoms with Gasteiger partial charge in [0.1, 0.15) is 0 Å². The van der Waals surface area contributed by atoms with Crippen molar-refractivity contribution in [3.8, 4) is 6.01 Å². The van der Waals surface area contributed by atoms with Crippen LogP contribution in [0.3, 0.4) is 0 Å². The lowest BCUT2D eigenvalue weighted by molar-refractivity contribution is 0.132. The molecule has 2 aromatic rings. The highest BCUT2D eigenvalue weighted by Crippen LogP contribution is 2.36. The fourth-order valence-corrected chi connectivity index (χ4v) is 2.14. The monoisotopic (exact) mass is 269 g/mol. The highest BCUT2D eigenvalue weighted by atomic mass is 35.5. The summed E-state index contributed by atoms with van der Waals surface area (Å²) in [6, 6.07) is 1.22. The van der Waals surface area contributed by atoms with E-state index in [1.165, 1.54) is 6.20 Å². The van der Waals surface area contributed by atoms with Gasteiger partial charge in [0.05, 0.1) is 23.2 Å². The Bertz CT molecular complexity index is 574. The average Bonchev–Trinajstić information content (AvgIpc) is 2.55. The van der Waals surface area contributed by atoms with E-state index in [1.54, 1.807) is 10.6 Å². The third-order valence-corrected chi connectivity index (χ3v) is 3.19. The van der Waals surface area contributed by atoms with Crippen molar-refractivity contribution in [3.63, 3.8) is 0 Å². The number of aliphatic hydroxyl groups excluding tert-OH is 1. The zero-order valence-corrected chi connectivity index (χ0v) is 11.3. The summed E-state index contributed by atoms with van der Waals surface area (Å²) in [5.41, 5.74) is 0.802. The van der Waals surface area contributed by atoms with E-state index >= 15 is 0 Å². The predicted octanol–water partition coefficient (Wildman–Crippen LogP) is 2.37. The Balaban J connectivity index is 2.69. The molecule has 0 aromatic carbocycles. The predicted molar refractivity (Wildman–Crippen MR) is 69.8 cm³/mol. The zero-order valence-electron chi connectivity index (χ0n) is 10.6. The second-order valence-electron chi connectivity index (χ2n) is 5.34. The van der Waals surface area contributed by atoms with Crippen LogP contribution in [0.15, 0.2) is 12.3 Å². The van der Waals surface area contributed by atoms with E-state index in [4.69, 9.17) is 11.6 Å². The van der Waals surface area contributed by atoms with Gasteiger partial charge in [-0.2, -0.15) is 4.98 Å². The molecule has 18 heavy (non-hydrogen) atoms. The van der Waals surface area contributed by atoms with Crippen LogP contribution < -0.4 is 0 Å². The molecule has 0 spiro atoms. The molecule has 0 fully saturated rings. The number of rotatable bonds is 2. The first kappa shape index (κ1) is 13.1. The molecule has 0 radical (unpaired) electrons. The maximum atomic E-state index is 9.95. The lowest BCUT2D eigenvalue weighted by Gasteiger charge is -2.30. The first-order chi connectivity index (χ1) is 8.34. The summed E-state index contributed by atoms with van der Waals surface area (Å²) in [7, 11) is 0. The molecule has 1 atom stereocenters. The average molecular weight is 270 g/mol. The second-order valence-corrected chi connectivity index (χ2v) is 5.78. The Morgan fingerprint density at radius 3 is 2.67 bits per heavy atom. The molecule has 0 aliphatic rings. The van der Waals surface area contributed by atoms with Gasteiger partial charge in [0.15, 0.2) is 5.65 Å². The maximum absolute atomic E-state index is 9.95. The molecule has 0 amide bonds. The molecule has 0 bridgehead atoms. The van der Waals surface area contributed by atoms with Gasteiger partial charge < -0.3 is 10.2 Å². The van der Waals surface area contributed by atoms with Crippen LogP contribution in [0.2, 0.25) is 5.02 Å². The lowest BCUT2D eigenvalue weighted by Crippen LogP contribution is -2.27. The standard InChI is InChI=1S/C12H16ClN3O2/c1-12(2,3)9(6-17)16-8-4-7(13)5-14-10(8)15-11(16)18/h4-5,9,17H,6H2,1-3H3,(H,14,15,18). The largest absolute Gasteiger partial charge is 0.480 e. The van der Waals surface area contributed by atoms with Crippen LogP contribution in [-0.4, -0.2) is 31.4 Å². The van der Waals surface area contributed by atoms with Crippen molar-refractivity contribution < 1.29 is 10.2 Å². The molecule has 5 nitrogen and oxygen atoms in total. The van der Waals surface area contributed by atoms with Crippen molar-refractivity contribution in [1.82, 2.24) is 14.5 Å². The molecule has 2 rings (SSSR count). The van der Waals surface area contributed by atoms with Gasteiger partial charge >= 0.3 is 0 Å². The third-order valence-electron chi connectivity index (χ3n) is 2.98. The van der Waals surface area contributed by atoms with Crippen LogP contribution in [0, 0.1) is 5.41 Å². The summed E-state index contributed by atoms with van der Waals surface area (Å²) in [5.74, 6) is 0. The summed E-state index contributed by atoms with van der Waals surface area (Å²) in [6.07, 6.45) is 1.48. The molecule has 98 valence electrons. The Morgan fingerprint density at radius 1 is 1.44 bits per heavy atom. The second kappa shape index (κ2) is 4.40. The normalized spacial score (nSPS) is 14.1. The molecule has 2 heterocycles. The van der Waals surface area contributed by atoms with Crippen LogP contribution in [0.5, 0.6) is 6.01 Å². The van der Waals surface area contributed by atoms with Gasteiger partial charge in [0.25, 0.3) is 6.01 Å². The fourth-order valence-electron chi connectivity index (χ4n) is 1.99. The number of hydrogen-bond acceptors (Lipinski definition) is 4. The molecule has 0 aliphatic carbocycles. The zero-order chi connectivity index (χ0) is 13.5. The molecule has 2 N–H and O–H groups in total. The topological polar surface area (TPSA) is 71.2 Å². The highest BCUT2D eigenvalue weighted by Gasteiger charge is 2.29. The SMILES string of the molecule is CC(C)(C)C(CO)n1c(O)nc2ncc(Cl)cc21. The number of imidazole rings is 1. The fraction of sp³-hybridized carbons (Fsp3) is 0.500. The molecule has 0 aliphatic heterocycles. The first-order valence-electron chi connectivity index (χ1n) is 5.68. The van der Waals surface area contributed by atoms with E-state index < -0.39 is 0 Å². The minimum Gasteiger partial charge on any atom is -0.480 e. The molecule has 0 saturated carbocycles. The van der Waals surface area contributed by atoms with Gasteiger partial charge in [0, 0.05) is 6.20 Å². The lowest BCUT2D eigenvalue weighted by atomic mass is 9.87. The van der Waals surface area contributed by atoms with E-state index in [0.29, 0.717) is 16.2 Å². The van der Waals surface area contributed by atoms with Gasteiger partial charge in [-0.05, 0) is 11.5 Å². The number of hydrogen-bond donors (Lipinski definition) is 2. The number of halogens is 1. The number of fused-ring (bicyclic) bond motifs is 1. The van der Waals surface area contributed by atoms with E-state index in [1.807, 2.05) is 20.8 Å². The van der Waals surface area contributed by atoms with Crippen molar-refractivity contribution in [2.75, 3.05) is 6.61 Å². The van der Waals surface area contributed by atoms with Crippen LogP contribution >= 0.6 is 11.6 Å². The van der Waals surface area contributed by atoms with Crippen LogP contribution in [0.4, 0.5) is 0 Å². The van der Waals surface area contributed by atoms with E-state index in [-0.39, 0.29) is 24.1 Å². The molecule has 6 heteroatoms. The third kappa shape index (κ3) is 2.15. The Kier molecular flexibility index (Phi) is 3.21. The Morgan fingerprint density at radius 2 is 2.11 bits per heavy atom. The van der Waals surface area contributed by atoms with Crippen molar-refractivity contribution in [3.05, 3.63) is 17.3 Å². The number of pyridine rings is 1. The van der Waals surface area contributed by atoms with Gasteiger partial charge in [0.2, 0.25) is 0 Å². The number of aromatic hydroxyl groups is 1. The van der Waals surface area contributed by atoms with Crippen molar-refractivity contribution in [1.29, 1.82) is 0 Å². The van der Waals surface area contributed by atoms with Gasteiger partial charge in [-0.3, -0.25) is 4.57 Å². The van der Waals surface area contributed by atoms with Gasteiger partial charge in [-0.1, -0.05) is 32.4 Å². The van der Waals surface area contributed by atoms with Crippen LogP contribution in [0.1, 0.15) is 26.8 Å². The Labute approximate surface area is 110 Å². The van der Waals surface area contributed by atoms with Gasteiger partial charge in [-0.25, -0.2) is 4.98 Å². The molecule has 1 unspecified atom stereocenters. The minimum absolute atomic E-state index is 0.102. The summed E-state index contributed by atoms with van der Waals surface area (Å²) >= 11 is 5.91. The van der Waals surface area contributed by atoms with E-state index in [0.717, 1.165) is 0 Å². The minimum atomic E-state index is -0.303. The van der Waals surface area contributed by atoms with E-state index in [9.17, 15) is 10.2 Å². The molecule has 2 aromatic heterocycles. The summed E-state index contributed by atoms with van der Waals surface area (Å²) in [4.78, 5) is 8.03. The Hall–Kier alpha value is -1.33. The van der Waals surface area contributed by atoms with Crippen LogP contribution in [-0.2, 0) is 0 Å².